The van der Waals surface area contributed by atoms with E-state index in [4.69, 9.17) is 14.3 Å². The highest BCUT2D eigenvalue weighted by Gasteiger charge is 2.10. The van der Waals surface area contributed by atoms with E-state index in [2.05, 4.69) is 5.32 Å². The minimum absolute atomic E-state index is 0.160. The molecule has 2 N–H and O–H groups in total. The van der Waals surface area contributed by atoms with Crippen molar-refractivity contribution in [3.63, 3.8) is 0 Å². The average Bonchev–Trinajstić information content (AvgIpc) is 2.87. The molecule has 1 heterocycles. The quantitative estimate of drug-likeness (QED) is 0.793. The monoisotopic (exact) mass is 247 g/mol. The number of hydrogen-bond acceptors (Lipinski definition) is 4. The Morgan fingerprint density at radius 3 is 2.83 bits per heavy atom. The predicted octanol–water partition coefficient (Wildman–Crippen LogP) is 2.02. The number of furan rings is 1. The minimum atomic E-state index is -0.160. The Morgan fingerprint density at radius 2 is 2.22 bits per heavy atom. The molecule has 1 amide bonds. The second-order valence-electron chi connectivity index (χ2n) is 3.60. The molecule has 0 fully saturated rings. The first-order valence-corrected chi connectivity index (χ1v) is 5.36. The summed E-state index contributed by atoms with van der Waals surface area (Å²) in [6, 6.07) is 8.68. The predicted molar refractivity (Wildman–Crippen MR) is 66.3 cm³/mol. The van der Waals surface area contributed by atoms with Gasteiger partial charge in [0.1, 0.15) is 23.9 Å². The lowest BCUT2D eigenvalue weighted by Gasteiger charge is -2.08. The topological polar surface area (TPSA) is 71.7 Å². The molecule has 0 saturated heterocycles. The highest BCUT2D eigenvalue weighted by atomic mass is 16.5. The van der Waals surface area contributed by atoms with Crippen LogP contribution < -0.4 is 10.1 Å². The normalized spacial score (nSPS) is 10.1. The number of methoxy groups -OCH3 is 1. The lowest BCUT2D eigenvalue weighted by molar-refractivity contribution is -0.105. The lowest BCUT2D eigenvalue weighted by Crippen LogP contribution is -1.97. The first-order valence-electron chi connectivity index (χ1n) is 5.36. The fourth-order valence-corrected chi connectivity index (χ4v) is 1.66. The van der Waals surface area contributed by atoms with Gasteiger partial charge in [0.15, 0.2) is 0 Å². The van der Waals surface area contributed by atoms with E-state index < -0.39 is 0 Å². The van der Waals surface area contributed by atoms with Crippen LogP contribution in [-0.4, -0.2) is 18.6 Å². The molecule has 2 rings (SSSR count). The average molecular weight is 247 g/mol. The summed E-state index contributed by atoms with van der Waals surface area (Å²) in [6.45, 7) is -0.160. The Balaban J connectivity index is 2.44. The molecule has 0 aliphatic carbocycles. The van der Waals surface area contributed by atoms with E-state index in [1.165, 1.54) is 0 Å². The van der Waals surface area contributed by atoms with Crippen LogP contribution in [-0.2, 0) is 11.4 Å². The van der Waals surface area contributed by atoms with Crippen LogP contribution in [0.25, 0.3) is 11.3 Å². The Morgan fingerprint density at radius 1 is 1.39 bits per heavy atom. The zero-order chi connectivity index (χ0) is 13.0. The van der Waals surface area contributed by atoms with Gasteiger partial charge in [0, 0.05) is 11.6 Å². The number of amides is 1. The van der Waals surface area contributed by atoms with Gasteiger partial charge < -0.3 is 19.6 Å². The third-order valence-electron chi connectivity index (χ3n) is 2.52. The van der Waals surface area contributed by atoms with Crippen LogP contribution in [0.3, 0.4) is 0 Å². The molecule has 0 aliphatic heterocycles. The van der Waals surface area contributed by atoms with E-state index in [1.807, 2.05) is 0 Å². The van der Waals surface area contributed by atoms with Gasteiger partial charge in [0.25, 0.3) is 0 Å². The summed E-state index contributed by atoms with van der Waals surface area (Å²) in [7, 11) is 1.55. The summed E-state index contributed by atoms with van der Waals surface area (Å²) in [5.41, 5.74) is 1.31. The van der Waals surface area contributed by atoms with Crippen molar-refractivity contribution in [3.05, 3.63) is 36.1 Å². The summed E-state index contributed by atoms with van der Waals surface area (Å²) in [5, 5.41) is 11.6. The van der Waals surface area contributed by atoms with E-state index in [1.54, 1.807) is 37.4 Å². The molecule has 0 radical (unpaired) electrons. The number of ether oxygens (including phenoxy) is 1. The van der Waals surface area contributed by atoms with Crippen LogP contribution in [0.5, 0.6) is 5.75 Å². The SMILES string of the molecule is COc1ccc(-c2ccc(CO)o2)c(NC=O)c1. The smallest absolute Gasteiger partial charge is 0.211 e. The number of carbonyl (C=O) groups excluding carboxylic acids is 1. The molecule has 0 saturated carbocycles. The highest BCUT2D eigenvalue weighted by Crippen LogP contribution is 2.32. The van der Waals surface area contributed by atoms with Gasteiger partial charge in [-0.05, 0) is 24.3 Å². The van der Waals surface area contributed by atoms with Gasteiger partial charge in [-0.15, -0.1) is 0 Å². The fourth-order valence-electron chi connectivity index (χ4n) is 1.66. The van der Waals surface area contributed by atoms with E-state index in [0.29, 0.717) is 29.4 Å². The number of aliphatic hydroxyl groups excluding tert-OH is 1. The van der Waals surface area contributed by atoms with Crippen molar-refractivity contribution >= 4 is 12.1 Å². The number of rotatable bonds is 5. The molecule has 5 nitrogen and oxygen atoms in total. The van der Waals surface area contributed by atoms with E-state index in [-0.39, 0.29) is 6.61 Å². The zero-order valence-corrected chi connectivity index (χ0v) is 9.84. The van der Waals surface area contributed by atoms with Crippen molar-refractivity contribution in [1.29, 1.82) is 0 Å². The summed E-state index contributed by atoms with van der Waals surface area (Å²) in [4.78, 5) is 10.6. The Hall–Kier alpha value is -2.27. The first-order chi connectivity index (χ1) is 8.78. The summed E-state index contributed by atoms with van der Waals surface area (Å²) >= 11 is 0. The second kappa shape index (κ2) is 5.37. The molecule has 0 bridgehead atoms. The van der Waals surface area contributed by atoms with Gasteiger partial charge in [-0.25, -0.2) is 0 Å². The van der Waals surface area contributed by atoms with Gasteiger partial charge in [-0.2, -0.15) is 0 Å². The van der Waals surface area contributed by atoms with E-state index in [9.17, 15) is 4.79 Å². The van der Waals surface area contributed by atoms with Crippen molar-refractivity contribution in [1.82, 2.24) is 0 Å². The molecule has 94 valence electrons. The van der Waals surface area contributed by atoms with Crippen LogP contribution in [0, 0.1) is 0 Å². The van der Waals surface area contributed by atoms with Crippen LogP contribution in [0.4, 0.5) is 5.69 Å². The molecule has 0 aliphatic rings. The van der Waals surface area contributed by atoms with Gasteiger partial charge in [-0.1, -0.05) is 0 Å². The van der Waals surface area contributed by atoms with Gasteiger partial charge in [-0.3, -0.25) is 4.79 Å². The van der Waals surface area contributed by atoms with Crippen molar-refractivity contribution in [3.8, 4) is 17.1 Å². The maximum absolute atomic E-state index is 10.6. The van der Waals surface area contributed by atoms with Crippen LogP contribution >= 0.6 is 0 Å². The number of anilines is 1. The van der Waals surface area contributed by atoms with Crippen molar-refractivity contribution < 1.29 is 19.1 Å². The van der Waals surface area contributed by atoms with Crippen LogP contribution in [0.15, 0.2) is 34.7 Å². The fraction of sp³-hybridized carbons (Fsp3) is 0.154. The molecule has 0 unspecified atom stereocenters. The summed E-state index contributed by atoms with van der Waals surface area (Å²) in [6.07, 6.45) is 0.591. The number of carbonyl (C=O) groups is 1. The number of aliphatic hydroxyl groups is 1. The third-order valence-corrected chi connectivity index (χ3v) is 2.52. The van der Waals surface area contributed by atoms with Crippen molar-refractivity contribution in [2.45, 2.75) is 6.61 Å². The van der Waals surface area contributed by atoms with Gasteiger partial charge in [0.05, 0.1) is 12.8 Å². The van der Waals surface area contributed by atoms with Crippen molar-refractivity contribution in [2.24, 2.45) is 0 Å². The number of nitrogens with one attached hydrogen (secondary N) is 1. The molecule has 5 heteroatoms. The minimum Gasteiger partial charge on any atom is -0.497 e. The Labute approximate surface area is 104 Å². The van der Waals surface area contributed by atoms with Gasteiger partial charge in [0.2, 0.25) is 6.41 Å². The Bertz CT molecular complexity index is 548. The highest BCUT2D eigenvalue weighted by molar-refractivity contribution is 5.84. The maximum atomic E-state index is 10.6. The molecular formula is C13H13NO4. The summed E-state index contributed by atoms with van der Waals surface area (Å²) in [5.74, 6) is 1.68. The lowest BCUT2D eigenvalue weighted by atomic mass is 10.1. The molecule has 1 aromatic heterocycles. The molecule has 0 spiro atoms. The maximum Gasteiger partial charge on any atom is 0.211 e. The van der Waals surface area contributed by atoms with Crippen LogP contribution in [0.2, 0.25) is 0 Å². The van der Waals surface area contributed by atoms with Gasteiger partial charge >= 0.3 is 0 Å². The standard InChI is InChI=1S/C13H13NO4/c1-17-9-2-4-11(12(6-9)14-8-16)13-5-3-10(7-15)18-13/h2-6,8,15H,7H2,1H3,(H,14,16). The van der Waals surface area contributed by atoms with E-state index >= 15 is 0 Å². The molecule has 0 atom stereocenters. The van der Waals surface area contributed by atoms with Crippen molar-refractivity contribution in [2.75, 3.05) is 12.4 Å². The molecular weight excluding hydrogens is 234 g/mol. The molecule has 1 aromatic carbocycles. The zero-order valence-electron chi connectivity index (χ0n) is 9.84. The Kier molecular flexibility index (Phi) is 3.64. The van der Waals surface area contributed by atoms with E-state index in [0.717, 1.165) is 5.56 Å². The largest absolute Gasteiger partial charge is 0.497 e. The number of benzene rings is 1. The summed E-state index contributed by atoms with van der Waals surface area (Å²) < 4.78 is 10.5. The first kappa shape index (κ1) is 12.2. The van der Waals surface area contributed by atoms with Crippen LogP contribution in [0.1, 0.15) is 5.76 Å². The molecule has 18 heavy (non-hydrogen) atoms. The second-order valence-corrected chi connectivity index (χ2v) is 3.60. The number of hydrogen-bond donors (Lipinski definition) is 2. The third kappa shape index (κ3) is 2.36. The molecule has 2 aromatic rings.